The van der Waals surface area contributed by atoms with Gasteiger partial charge in [0.05, 0.1) is 5.92 Å². The van der Waals surface area contributed by atoms with Gasteiger partial charge in [0.25, 0.3) is 0 Å². The second-order valence-corrected chi connectivity index (χ2v) is 4.57. The minimum absolute atomic E-state index is 0.557. The third-order valence-electron chi connectivity index (χ3n) is 2.59. The standard InChI is InChI=1S/C13H9BrFN/c14-11-6-7-13(15,9-16)12(8-11)10-4-2-1-3-5-10/h1-8,12H. The van der Waals surface area contributed by atoms with Crippen molar-refractivity contribution in [1.29, 1.82) is 5.26 Å². The first kappa shape index (κ1) is 11.1. The molecule has 2 unspecified atom stereocenters. The van der Waals surface area contributed by atoms with Crippen LogP contribution in [-0.2, 0) is 0 Å². The molecule has 1 aromatic rings. The number of nitrogens with zero attached hydrogens (tertiary/aromatic N) is 1. The summed E-state index contributed by atoms with van der Waals surface area (Å²) in [4.78, 5) is 0. The Morgan fingerprint density at radius 3 is 2.62 bits per heavy atom. The van der Waals surface area contributed by atoms with Crippen LogP contribution in [0.25, 0.3) is 0 Å². The summed E-state index contributed by atoms with van der Waals surface area (Å²) in [7, 11) is 0. The van der Waals surface area contributed by atoms with Crippen molar-refractivity contribution in [3.05, 3.63) is 58.6 Å². The summed E-state index contributed by atoms with van der Waals surface area (Å²) in [5.74, 6) is -0.557. The molecule has 0 aromatic heterocycles. The molecule has 0 saturated heterocycles. The van der Waals surface area contributed by atoms with Gasteiger partial charge in [-0.05, 0) is 17.7 Å². The number of hydrogen-bond acceptors (Lipinski definition) is 1. The lowest BCUT2D eigenvalue weighted by molar-refractivity contribution is 0.279. The third-order valence-corrected chi connectivity index (χ3v) is 3.12. The summed E-state index contributed by atoms with van der Waals surface area (Å²) in [6.07, 6.45) is 4.59. The molecule has 0 bridgehead atoms. The molecule has 0 heterocycles. The van der Waals surface area contributed by atoms with Gasteiger partial charge in [-0.25, -0.2) is 4.39 Å². The molecule has 0 spiro atoms. The number of benzene rings is 1. The average Bonchev–Trinajstić information content (AvgIpc) is 2.33. The van der Waals surface area contributed by atoms with Crippen molar-refractivity contribution in [2.24, 2.45) is 0 Å². The number of nitriles is 1. The van der Waals surface area contributed by atoms with Gasteiger partial charge in [-0.2, -0.15) is 5.26 Å². The Balaban J connectivity index is 2.47. The highest BCUT2D eigenvalue weighted by molar-refractivity contribution is 9.11. The Morgan fingerprint density at radius 1 is 1.31 bits per heavy atom. The number of allylic oxidation sites excluding steroid dienone is 4. The van der Waals surface area contributed by atoms with Crippen molar-refractivity contribution in [3.63, 3.8) is 0 Å². The van der Waals surface area contributed by atoms with E-state index in [1.807, 2.05) is 30.3 Å². The number of hydrogen-bond donors (Lipinski definition) is 0. The molecule has 0 radical (unpaired) electrons. The monoisotopic (exact) mass is 277 g/mol. The van der Waals surface area contributed by atoms with E-state index in [2.05, 4.69) is 15.9 Å². The van der Waals surface area contributed by atoms with E-state index in [0.717, 1.165) is 10.0 Å². The highest BCUT2D eigenvalue weighted by atomic mass is 79.9. The zero-order valence-corrected chi connectivity index (χ0v) is 9.99. The molecule has 2 atom stereocenters. The largest absolute Gasteiger partial charge is 0.224 e. The summed E-state index contributed by atoms with van der Waals surface area (Å²) < 4.78 is 15.1. The SMILES string of the molecule is N#CC1(F)C=CC(Br)=CC1c1ccccc1. The van der Waals surface area contributed by atoms with E-state index < -0.39 is 11.6 Å². The van der Waals surface area contributed by atoms with E-state index in [0.29, 0.717) is 0 Å². The van der Waals surface area contributed by atoms with Crippen molar-refractivity contribution < 1.29 is 4.39 Å². The van der Waals surface area contributed by atoms with E-state index in [1.165, 1.54) is 6.08 Å². The molecule has 0 saturated carbocycles. The predicted octanol–water partition coefficient (Wildman–Crippen LogP) is 3.85. The molecule has 0 amide bonds. The van der Waals surface area contributed by atoms with E-state index in [1.54, 1.807) is 18.2 Å². The van der Waals surface area contributed by atoms with Gasteiger partial charge in [0.2, 0.25) is 5.67 Å². The lowest BCUT2D eigenvalue weighted by atomic mass is 9.81. The van der Waals surface area contributed by atoms with Crippen molar-refractivity contribution in [3.8, 4) is 6.07 Å². The number of alkyl halides is 1. The minimum Gasteiger partial charge on any atom is -0.222 e. The zero-order chi connectivity index (χ0) is 11.6. The molecule has 1 aliphatic carbocycles. The first-order valence-electron chi connectivity index (χ1n) is 4.87. The molecule has 16 heavy (non-hydrogen) atoms. The smallest absolute Gasteiger partial charge is 0.222 e. The Labute approximate surface area is 102 Å². The molecule has 80 valence electrons. The average molecular weight is 278 g/mol. The normalized spacial score (nSPS) is 28.3. The quantitative estimate of drug-likeness (QED) is 0.765. The first-order valence-corrected chi connectivity index (χ1v) is 5.67. The fourth-order valence-electron chi connectivity index (χ4n) is 1.75. The third kappa shape index (κ3) is 1.94. The van der Waals surface area contributed by atoms with Crippen LogP contribution in [-0.4, -0.2) is 5.67 Å². The van der Waals surface area contributed by atoms with Crippen molar-refractivity contribution >= 4 is 15.9 Å². The molecule has 2 rings (SSSR count). The van der Waals surface area contributed by atoms with Gasteiger partial charge in [-0.3, -0.25) is 0 Å². The van der Waals surface area contributed by atoms with Gasteiger partial charge >= 0.3 is 0 Å². The molecule has 1 nitrogen and oxygen atoms in total. The Hall–Kier alpha value is -1.40. The van der Waals surface area contributed by atoms with Crippen LogP contribution in [0.15, 0.2) is 53.0 Å². The first-order chi connectivity index (χ1) is 7.65. The summed E-state index contributed by atoms with van der Waals surface area (Å²) in [6, 6.07) is 10.9. The van der Waals surface area contributed by atoms with Gasteiger partial charge < -0.3 is 0 Å². The summed E-state index contributed by atoms with van der Waals surface area (Å²) in [6.45, 7) is 0. The van der Waals surface area contributed by atoms with E-state index in [9.17, 15) is 4.39 Å². The van der Waals surface area contributed by atoms with Crippen LogP contribution in [0, 0.1) is 11.3 Å². The molecule has 0 N–H and O–H groups in total. The second-order valence-electron chi connectivity index (χ2n) is 3.65. The summed E-state index contributed by atoms with van der Waals surface area (Å²) in [5, 5.41) is 8.95. The zero-order valence-electron chi connectivity index (χ0n) is 8.40. The van der Waals surface area contributed by atoms with Crippen LogP contribution in [0.2, 0.25) is 0 Å². The van der Waals surface area contributed by atoms with E-state index in [-0.39, 0.29) is 0 Å². The van der Waals surface area contributed by atoms with Crippen molar-refractivity contribution in [2.45, 2.75) is 11.6 Å². The van der Waals surface area contributed by atoms with Crippen LogP contribution < -0.4 is 0 Å². The molecule has 0 aliphatic heterocycles. The van der Waals surface area contributed by atoms with E-state index in [4.69, 9.17) is 5.26 Å². The number of halogens is 2. The van der Waals surface area contributed by atoms with Gasteiger partial charge in [0, 0.05) is 4.48 Å². The topological polar surface area (TPSA) is 23.8 Å². The predicted molar refractivity (Wildman–Crippen MR) is 64.8 cm³/mol. The van der Waals surface area contributed by atoms with Gasteiger partial charge in [-0.15, -0.1) is 0 Å². The maximum Gasteiger partial charge on any atom is 0.224 e. The van der Waals surface area contributed by atoms with Crippen LogP contribution in [0.3, 0.4) is 0 Å². The van der Waals surface area contributed by atoms with Crippen molar-refractivity contribution in [2.75, 3.05) is 0 Å². The lowest BCUT2D eigenvalue weighted by Crippen LogP contribution is -2.28. The van der Waals surface area contributed by atoms with Crippen LogP contribution >= 0.6 is 15.9 Å². The Bertz CT molecular complexity index is 486. The van der Waals surface area contributed by atoms with Gasteiger partial charge in [-0.1, -0.05) is 52.3 Å². The molecular formula is C13H9BrFN. The highest BCUT2D eigenvalue weighted by Crippen LogP contribution is 2.39. The molecule has 3 heteroatoms. The Morgan fingerprint density at radius 2 is 2.00 bits per heavy atom. The maximum absolute atomic E-state index is 14.3. The second kappa shape index (κ2) is 4.23. The number of rotatable bonds is 1. The molecule has 0 fully saturated rings. The van der Waals surface area contributed by atoms with Crippen LogP contribution in [0.1, 0.15) is 11.5 Å². The van der Waals surface area contributed by atoms with Crippen LogP contribution in [0.5, 0.6) is 0 Å². The summed E-state index contributed by atoms with van der Waals surface area (Å²) >= 11 is 3.31. The minimum atomic E-state index is -1.96. The molecular weight excluding hydrogens is 269 g/mol. The fourth-order valence-corrected chi connectivity index (χ4v) is 2.14. The van der Waals surface area contributed by atoms with Gasteiger partial charge in [0.1, 0.15) is 6.07 Å². The maximum atomic E-state index is 14.3. The lowest BCUT2D eigenvalue weighted by Gasteiger charge is -2.26. The summed E-state index contributed by atoms with van der Waals surface area (Å²) in [5.41, 5.74) is -1.16. The van der Waals surface area contributed by atoms with Crippen molar-refractivity contribution in [1.82, 2.24) is 0 Å². The Kier molecular flexibility index (Phi) is 2.93. The van der Waals surface area contributed by atoms with E-state index >= 15 is 0 Å². The van der Waals surface area contributed by atoms with Gasteiger partial charge in [0.15, 0.2) is 0 Å². The highest BCUT2D eigenvalue weighted by Gasteiger charge is 2.38. The molecule has 1 aromatic carbocycles. The van der Waals surface area contributed by atoms with Crippen LogP contribution in [0.4, 0.5) is 4.39 Å². The fraction of sp³-hybridized carbons (Fsp3) is 0.154. The molecule has 1 aliphatic rings.